The van der Waals surface area contributed by atoms with Crippen molar-refractivity contribution in [2.75, 3.05) is 18.4 Å². The number of anilines is 1. The van der Waals surface area contributed by atoms with Gasteiger partial charge in [-0.25, -0.2) is 4.68 Å². The standard InChI is InChI=1S/C24H25N5O/c1-17-11-18(2)13-19(12-17)22-9-6-10-28(22)16-23(30)27-24-20(14-25)15-26-29(24)21-7-4-3-5-8-21/h3-5,7-8,11-13,15,22H,6,9-10,16H2,1-2H3,(H,27,30). The van der Waals surface area contributed by atoms with E-state index in [9.17, 15) is 10.1 Å². The maximum atomic E-state index is 12.9. The minimum atomic E-state index is -0.138. The van der Waals surface area contributed by atoms with Crippen LogP contribution in [0.4, 0.5) is 5.82 Å². The zero-order valence-electron chi connectivity index (χ0n) is 17.3. The van der Waals surface area contributed by atoms with Crippen LogP contribution in [0.2, 0.25) is 0 Å². The van der Waals surface area contributed by atoms with Crippen LogP contribution in [0.1, 0.15) is 41.1 Å². The number of carbonyl (C=O) groups is 1. The molecular formula is C24H25N5O. The van der Waals surface area contributed by atoms with Gasteiger partial charge in [-0.05, 0) is 50.9 Å². The summed E-state index contributed by atoms with van der Waals surface area (Å²) in [5.41, 5.74) is 4.89. The highest BCUT2D eigenvalue weighted by atomic mass is 16.2. The summed E-state index contributed by atoms with van der Waals surface area (Å²) >= 11 is 0. The van der Waals surface area contributed by atoms with Gasteiger partial charge in [-0.1, -0.05) is 47.5 Å². The molecule has 1 unspecified atom stereocenters. The number of nitrogens with one attached hydrogen (secondary N) is 1. The van der Waals surface area contributed by atoms with E-state index in [1.165, 1.54) is 22.9 Å². The second kappa shape index (κ2) is 8.52. The van der Waals surface area contributed by atoms with Crippen molar-refractivity contribution in [3.8, 4) is 11.8 Å². The molecular weight excluding hydrogens is 374 g/mol. The Balaban J connectivity index is 1.53. The fourth-order valence-corrected chi connectivity index (χ4v) is 4.27. The molecule has 1 N–H and O–H groups in total. The molecule has 0 radical (unpaired) electrons. The molecule has 1 amide bonds. The Bertz CT molecular complexity index is 1080. The van der Waals surface area contributed by atoms with Gasteiger partial charge >= 0.3 is 0 Å². The zero-order chi connectivity index (χ0) is 21.1. The molecule has 1 fully saturated rings. The second-order valence-corrected chi connectivity index (χ2v) is 7.86. The normalized spacial score (nSPS) is 16.4. The molecule has 2 heterocycles. The first-order valence-corrected chi connectivity index (χ1v) is 10.2. The maximum absolute atomic E-state index is 12.9. The third-order valence-corrected chi connectivity index (χ3v) is 5.49. The summed E-state index contributed by atoms with van der Waals surface area (Å²) in [6.07, 6.45) is 3.59. The summed E-state index contributed by atoms with van der Waals surface area (Å²) in [6.45, 7) is 5.38. The molecule has 1 aromatic heterocycles. The fraction of sp³-hybridized carbons (Fsp3) is 0.292. The molecule has 30 heavy (non-hydrogen) atoms. The van der Waals surface area contributed by atoms with E-state index in [0.29, 0.717) is 11.4 Å². The quantitative estimate of drug-likeness (QED) is 0.700. The highest BCUT2D eigenvalue weighted by Gasteiger charge is 2.28. The summed E-state index contributed by atoms with van der Waals surface area (Å²) in [5.74, 6) is 0.274. The van der Waals surface area contributed by atoms with Crippen molar-refractivity contribution in [1.82, 2.24) is 14.7 Å². The zero-order valence-corrected chi connectivity index (χ0v) is 17.3. The summed E-state index contributed by atoms with van der Waals surface area (Å²) in [4.78, 5) is 15.1. The molecule has 3 aromatic rings. The first-order chi connectivity index (χ1) is 14.5. The fourth-order valence-electron chi connectivity index (χ4n) is 4.27. The molecule has 0 spiro atoms. The molecule has 0 aliphatic carbocycles. The van der Waals surface area contributed by atoms with E-state index < -0.39 is 0 Å². The molecule has 1 atom stereocenters. The van der Waals surface area contributed by atoms with Gasteiger partial charge in [-0.2, -0.15) is 10.4 Å². The van der Waals surface area contributed by atoms with Crippen molar-refractivity contribution in [2.45, 2.75) is 32.7 Å². The van der Waals surface area contributed by atoms with Gasteiger partial charge in [0.25, 0.3) is 0 Å². The highest BCUT2D eigenvalue weighted by Crippen LogP contribution is 2.32. The van der Waals surface area contributed by atoms with Crippen molar-refractivity contribution in [3.05, 3.63) is 77.0 Å². The van der Waals surface area contributed by atoms with Crippen molar-refractivity contribution >= 4 is 11.7 Å². The molecule has 4 rings (SSSR count). The van der Waals surface area contributed by atoms with Gasteiger partial charge in [0.05, 0.1) is 18.4 Å². The minimum absolute atomic E-state index is 0.138. The van der Waals surface area contributed by atoms with Gasteiger partial charge in [-0.15, -0.1) is 0 Å². The van der Waals surface area contributed by atoms with E-state index >= 15 is 0 Å². The Labute approximate surface area is 176 Å². The molecule has 6 heteroatoms. The lowest BCUT2D eigenvalue weighted by Crippen LogP contribution is -2.33. The number of amides is 1. The van der Waals surface area contributed by atoms with Crippen LogP contribution in [-0.2, 0) is 4.79 Å². The number of rotatable bonds is 5. The predicted molar refractivity (Wildman–Crippen MR) is 116 cm³/mol. The minimum Gasteiger partial charge on any atom is -0.308 e. The summed E-state index contributed by atoms with van der Waals surface area (Å²) < 4.78 is 1.60. The second-order valence-electron chi connectivity index (χ2n) is 7.86. The van der Waals surface area contributed by atoms with Gasteiger partial charge < -0.3 is 5.32 Å². The van der Waals surface area contributed by atoms with Crippen LogP contribution in [0.25, 0.3) is 5.69 Å². The first-order valence-electron chi connectivity index (χ1n) is 10.2. The number of benzene rings is 2. The Morgan fingerprint density at radius 3 is 2.63 bits per heavy atom. The van der Waals surface area contributed by atoms with Crippen LogP contribution < -0.4 is 5.32 Å². The van der Waals surface area contributed by atoms with Gasteiger partial charge in [-0.3, -0.25) is 9.69 Å². The van der Waals surface area contributed by atoms with Gasteiger partial charge in [0.15, 0.2) is 5.82 Å². The molecule has 0 saturated carbocycles. The number of nitriles is 1. The van der Waals surface area contributed by atoms with Crippen LogP contribution in [0.5, 0.6) is 0 Å². The molecule has 1 saturated heterocycles. The Hall–Kier alpha value is -3.43. The first kappa shape index (κ1) is 19.9. The topological polar surface area (TPSA) is 74.0 Å². The van der Waals surface area contributed by atoms with Crippen LogP contribution in [0, 0.1) is 25.2 Å². The average molecular weight is 399 g/mol. The molecule has 6 nitrogen and oxygen atoms in total. The smallest absolute Gasteiger partial charge is 0.239 e. The molecule has 1 aliphatic heterocycles. The van der Waals surface area contributed by atoms with Gasteiger partial charge in [0.1, 0.15) is 11.6 Å². The third-order valence-electron chi connectivity index (χ3n) is 5.49. The number of aryl methyl sites for hydroxylation is 2. The summed E-state index contributed by atoms with van der Waals surface area (Å²) in [7, 11) is 0. The number of para-hydroxylation sites is 1. The van der Waals surface area contributed by atoms with Gasteiger partial charge in [0.2, 0.25) is 5.91 Å². The van der Waals surface area contributed by atoms with E-state index in [2.05, 4.69) is 53.4 Å². The largest absolute Gasteiger partial charge is 0.308 e. The summed E-state index contributed by atoms with van der Waals surface area (Å²) in [6, 6.07) is 18.4. The monoisotopic (exact) mass is 399 g/mol. The number of likely N-dealkylation sites (tertiary alicyclic amines) is 1. The van der Waals surface area contributed by atoms with Crippen molar-refractivity contribution in [2.24, 2.45) is 0 Å². The average Bonchev–Trinajstić information content (AvgIpc) is 3.34. The van der Waals surface area contributed by atoms with E-state index in [0.717, 1.165) is 25.1 Å². The van der Waals surface area contributed by atoms with E-state index in [1.54, 1.807) is 4.68 Å². The van der Waals surface area contributed by atoms with Gasteiger partial charge in [0, 0.05) is 6.04 Å². The lowest BCUT2D eigenvalue weighted by molar-refractivity contribution is -0.117. The van der Waals surface area contributed by atoms with Crippen LogP contribution in [0.3, 0.4) is 0 Å². The lowest BCUT2D eigenvalue weighted by Gasteiger charge is -2.25. The van der Waals surface area contributed by atoms with Crippen molar-refractivity contribution in [1.29, 1.82) is 5.26 Å². The number of hydrogen-bond donors (Lipinski definition) is 1. The Kier molecular flexibility index (Phi) is 5.64. The highest BCUT2D eigenvalue weighted by molar-refractivity contribution is 5.93. The summed E-state index contributed by atoms with van der Waals surface area (Å²) in [5, 5.41) is 16.7. The van der Waals surface area contributed by atoms with Crippen LogP contribution >= 0.6 is 0 Å². The van der Waals surface area contributed by atoms with E-state index in [1.807, 2.05) is 30.3 Å². The van der Waals surface area contributed by atoms with E-state index in [4.69, 9.17) is 0 Å². The number of aromatic nitrogens is 2. The number of hydrogen-bond acceptors (Lipinski definition) is 4. The van der Waals surface area contributed by atoms with Crippen LogP contribution in [-0.4, -0.2) is 33.7 Å². The SMILES string of the molecule is Cc1cc(C)cc(C2CCCN2CC(=O)Nc2c(C#N)cnn2-c2ccccc2)c1. The van der Waals surface area contributed by atoms with E-state index in [-0.39, 0.29) is 18.5 Å². The third kappa shape index (κ3) is 4.12. The van der Waals surface area contributed by atoms with Crippen molar-refractivity contribution < 1.29 is 4.79 Å². The maximum Gasteiger partial charge on any atom is 0.239 e. The van der Waals surface area contributed by atoms with Crippen LogP contribution in [0.15, 0.2) is 54.7 Å². The predicted octanol–water partition coefficient (Wildman–Crippen LogP) is 4.14. The van der Waals surface area contributed by atoms with Crippen molar-refractivity contribution in [3.63, 3.8) is 0 Å². The lowest BCUT2D eigenvalue weighted by atomic mass is 9.99. The Morgan fingerprint density at radius 1 is 1.20 bits per heavy atom. The molecule has 152 valence electrons. The Morgan fingerprint density at radius 2 is 1.93 bits per heavy atom. The molecule has 1 aliphatic rings. The number of carbonyl (C=O) groups excluding carboxylic acids is 1. The molecule has 0 bridgehead atoms. The molecule has 2 aromatic carbocycles. The number of nitrogens with zero attached hydrogens (tertiary/aromatic N) is 4.